The fourth-order valence-electron chi connectivity index (χ4n) is 3.56. The van der Waals surface area contributed by atoms with Crippen molar-refractivity contribution in [1.29, 1.82) is 0 Å². The summed E-state index contributed by atoms with van der Waals surface area (Å²) in [6.45, 7) is 2.23. The van der Waals surface area contributed by atoms with Crippen LogP contribution < -0.4 is 0 Å². The molecule has 0 spiro atoms. The van der Waals surface area contributed by atoms with E-state index in [9.17, 15) is 4.79 Å². The number of hydrogen-bond acceptors (Lipinski definition) is 5. The molecule has 2 aliphatic rings. The molecule has 0 bridgehead atoms. The first-order valence-corrected chi connectivity index (χ1v) is 10.0. The first-order chi connectivity index (χ1) is 13.3. The number of likely N-dealkylation sites (tertiary alicyclic amines) is 1. The number of rotatable bonds is 9. The molecule has 2 aromatic rings. The summed E-state index contributed by atoms with van der Waals surface area (Å²) < 4.78 is 11.1. The lowest BCUT2D eigenvalue weighted by Gasteiger charge is -2.21. The molecule has 6 nitrogen and oxygen atoms in total. The molecule has 1 aliphatic carbocycles. The predicted molar refractivity (Wildman–Crippen MR) is 100.0 cm³/mol. The number of amides is 1. The van der Waals surface area contributed by atoms with Gasteiger partial charge >= 0.3 is 0 Å². The van der Waals surface area contributed by atoms with Crippen LogP contribution in [0.4, 0.5) is 0 Å². The van der Waals surface area contributed by atoms with Crippen molar-refractivity contribution in [2.24, 2.45) is 5.92 Å². The van der Waals surface area contributed by atoms with Crippen molar-refractivity contribution in [3.05, 3.63) is 47.6 Å². The highest BCUT2D eigenvalue weighted by atomic mass is 16.5. The Kier molecular flexibility index (Phi) is 5.82. The van der Waals surface area contributed by atoms with Crippen molar-refractivity contribution in [2.75, 3.05) is 19.8 Å². The Morgan fingerprint density at radius 3 is 2.85 bits per heavy atom. The minimum Gasteiger partial charge on any atom is -0.381 e. The normalized spacial score (nSPS) is 19.6. The summed E-state index contributed by atoms with van der Waals surface area (Å²) in [5.41, 5.74) is 1.19. The van der Waals surface area contributed by atoms with Gasteiger partial charge in [0.15, 0.2) is 5.82 Å². The number of nitrogens with zero attached hydrogens (tertiary/aromatic N) is 3. The standard InChI is InChI=1S/C21H27N3O3/c25-20(11-10-16-5-2-1-3-6-16)24-13-4-7-18(24)21-22-19(23-27-21)12-14-26-15-17-8-9-17/h1-3,5-6,17-18H,4,7-15H2. The van der Waals surface area contributed by atoms with Gasteiger partial charge in [0.25, 0.3) is 0 Å². The summed E-state index contributed by atoms with van der Waals surface area (Å²) in [5.74, 6) is 2.16. The van der Waals surface area contributed by atoms with E-state index in [-0.39, 0.29) is 11.9 Å². The number of ether oxygens (including phenoxy) is 1. The van der Waals surface area contributed by atoms with Gasteiger partial charge in [-0.15, -0.1) is 0 Å². The quantitative estimate of drug-likeness (QED) is 0.634. The number of aromatic nitrogens is 2. The van der Waals surface area contributed by atoms with Crippen molar-refractivity contribution in [1.82, 2.24) is 15.0 Å². The molecule has 1 amide bonds. The molecule has 4 rings (SSSR count). The van der Waals surface area contributed by atoms with Gasteiger partial charge in [0.1, 0.15) is 6.04 Å². The Hall–Kier alpha value is -2.21. The topological polar surface area (TPSA) is 68.5 Å². The van der Waals surface area contributed by atoms with Gasteiger partial charge in [0.05, 0.1) is 6.61 Å². The van der Waals surface area contributed by atoms with E-state index in [0.29, 0.717) is 31.2 Å². The number of carbonyl (C=O) groups excluding carboxylic acids is 1. The van der Waals surface area contributed by atoms with Crippen LogP contribution in [0.3, 0.4) is 0 Å². The number of carbonyl (C=O) groups is 1. The summed E-state index contributed by atoms with van der Waals surface area (Å²) in [5, 5.41) is 4.08. The zero-order valence-electron chi connectivity index (χ0n) is 15.7. The largest absolute Gasteiger partial charge is 0.381 e. The average molecular weight is 369 g/mol. The smallest absolute Gasteiger partial charge is 0.249 e. The molecular formula is C21H27N3O3. The zero-order valence-corrected chi connectivity index (χ0v) is 15.7. The van der Waals surface area contributed by atoms with E-state index in [4.69, 9.17) is 9.26 Å². The van der Waals surface area contributed by atoms with E-state index in [0.717, 1.165) is 38.3 Å². The lowest BCUT2D eigenvalue weighted by molar-refractivity contribution is -0.132. The van der Waals surface area contributed by atoms with Gasteiger partial charge in [-0.2, -0.15) is 4.98 Å². The van der Waals surface area contributed by atoms with E-state index in [1.165, 1.54) is 18.4 Å². The van der Waals surface area contributed by atoms with E-state index in [2.05, 4.69) is 22.3 Å². The first kappa shape index (κ1) is 18.2. The summed E-state index contributed by atoms with van der Waals surface area (Å²) in [6.07, 6.45) is 6.38. The lowest BCUT2D eigenvalue weighted by Crippen LogP contribution is -2.30. The fraction of sp³-hybridized carbons (Fsp3) is 0.571. The number of hydrogen-bond donors (Lipinski definition) is 0. The fourth-order valence-corrected chi connectivity index (χ4v) is 3.56. The Morgan fingerprint density at radius 2 is 2.04 bits per heavy atom. The Balaban J connectivity index is 1.28. The molecule has 144 valence electrons. The number of benzene rings is 1. The third kappa shape index (κ3) is 4.95. The van der Waals surface area contributed by atoms with Crippen molar-refractivity contribution in [2.45, 2.75) is 51.0 Å². The summed E-state index contributed by atoms with van der Waals surface area (Å²) in [6, 6.07) is 10.0. The van der Waals surface area contributed by atoms with Crippen molar-refractivity contribution < 1.29 is 14.1 Å². The average Bonchev–Trinajstić information content (AvgIpc) is 3.19. The van der Waals surface area contributed by atoms with E-state index >= 15 is 0 Å². The zero-order chi connectivity index (χ0) is 18.5. The maximum atomic E-state index is 12.7. The molecular weight excluding hydrogens is 342 g/mol. The van der Waals surface area contributed by atoms with Gasteiger partial charge in [0, 0.05) is 26.0 Å². The van der Waals surface area contributed by atoms with Crippen LogP contribution in [0.25, 0.3) is 0 Å². The van der Waals surface area contributed by atoms with Gasteiger partial charge in [-0.25, -0.2) is 0 Å². The molecule has 1 unspecified atom stereocenters. The van der Waals surface area contributed by atoms with Crippen molar-refractivity contribution >= 4 is 5.91 Å². The predicted octanol–water partition coefficient (Wildman–Crippen LogP) is 3.34. The van der Waals surface area contributed by atoms with Crippen LogP contribution in [0.2, 0.25) is 0 Å². The second-order valence-electron chi connectivity index (χ2n) is 7.55. The third-order valence-corrected chi connectivity index (χ3v) is 5.33. The third-order valence-electron chi connectivity index (χ3n) is 5.33. The highest BCUT2D eigenvalue weighted by Gasteiger charge is 2.33. The van der Waals surface area contributed by atoms with Crippen LogP contribution in [0, 0.1) is 5.92 Å². The summed E-state index contributed by atoms with van der Waals surface area (Å²) in [7, 11) is 0. The molecule has 1 atom stereocenters. The molecule has 0 N–H and O–H groups in total. The van der Waals surface area contributed by atoms with Gasteiger partial charge in [-0.3, -0.25) is 4.79 Å². The molecule has 2 heterocycles. The van der Waals surface area contributed by atoms with Gasteiger partial charge < -0.3 is 14.2 Å². The van der Waals surface area contributed by atoms with E-state index in [1.54, 1.807) is 0 Å². The van der Waals surface area contributed by atoms with Crippen LogP contribution in [0.5, 0.6) is 0 Å². The maximum Gasteiger partial charge on any atom is 0.249 e. The number of aryl methyl sites for hydroxylation is 1. The highest BCUT2D eigenvalue weighted by molar-refractivity contribution is 5.77. The monoisotopic (exact) mass is 369 g/mol. The molecule has 0 radical (unpaired) electrons. The molecule has 27 heavy (non-hydrogen) atoms. The van der Waals surface area contributed by atoms with Crippen LogP contribution in [-0.2, 0) is 22.4 Å². The molecule has 1 saturated carbocycles. The minimum atomic E-state index is -0.0816. The second-order valence-corrected chi connectivity index (χ2v) is 7.55. The van der Waals surface area contributed by atoms with E-state index in [1.807, 2.05) is 23.1 Å². The van der Waals surface area contributed by atoms with Gasteiger partial charge in [-0.1, -0.05) is 35.5 Å². The lowest BCUT2D eigenvalue weighted by atomic mass is 10.1. The summed E-state index contributed by atoms with van der Waals surface area (Å²) >= 11 is 0. The van der Waals surface area contributed by atoms with Crippen LogP contribution >= 0.6 is 0 Å². The second kappa shape index (κ2) is 8.65. The van der Waals surface area contributed by atoms with Crippen LogP contribution in [0.15, 0.2) is 34.9 Å². The molecule has 2 fully saturated rings. The Labute approximate surface area is 159 Å². The van der Waals surface area contributed by atoms with Crippen molar-refractivity contribution in [3.63, 3.8) is 0 Å². The molecule has 6 heteroatoms. The molecule has 1 saturated heterocycles. The van der Waals surface area contributed by atoms with Crippen LogP contribution in [0.1, 0.15) is 55.4 Å². The summed E-state index contributed by atoms with van der Waals surface area (Å²) in [4.78, 5) is 19.1. The van der Waals surface area contributed by atoms with E-state index < -0.39 is 0 Å². The van der Waals surface area contributed by atoms with Crippen LogP contribution in [-0.4, -0.2) is 40.7 Å². The highest BCUT2D eigenvalue weighted by Crippen LogP contribution is 2.32. The molecule has 1 aromatic carbocycles. The maximum absolute atomic E-state index is 12.7. The minimum absolute atomic E-state index is 0.0816. The van der Waals surface area contributed by atoms with Gasteiger partial charge in [-0.05, 0) is 43.6 Å². The Morgan fingerprint density at radius 1 is 1.19 bits per heavy atom. The van der Waals surface area contributed by atoms with Gasteiger partial charge in [0.2, 0.25) is 11.8 Å². The molecule has 1 aliphatic heterocycles. The Bertz CT molecular complexity index is 742. The molecule has 1 aromatic heterocycles. The SMILES string of the molecule is O=C(CCc1ccccc1)N1CCCC1c1nc(CCOCC2CC2)no1. The first-order valence-electron chi connectivity index (χ1n) is 10.0. The van der Waals surface area contributed by atoms with Crippen molar-refractivity contribution in [3.8, 4) is 0 Å².